The summed E-state index contributed by atoms with van der Waals surface area (Å²) in [5.41, 5.74) is 5.88. The number of hydrogen-bond donors (Lipinski definition) is 1. The van der Waals surface area contributed by atoms with E-state index >= 15 is 0 Å². The fourth-order valence-corrected chi connectivity index (χ4v) is 3.90. The van der Waals surface area contributed by atoms with E-state index in [1.165, 1.54) is 17.5 Å². The zero-order chi connectivity index (χ0) is 13.9. The van der Waals surface area contributed by atoms with Gasteiger partial charge in [0.05, 0.1) is 17.4 Å². The normalized spacial score (nSPS) is 25.1. The first-order valence-electron chi connectivity index (χ1n) is 7.71. The Labute approximate surface area is 120 Å². The lowest BCUT2D eigenvalue weighted by Crippen LogP contribution is -2.28. The van der Waals surface area contributed by atoms with Crippen LogP contribution >= 0.6 is 0 Å². The minimum Gasteiger partial charge on any atom is -0.330 e. The van der Waals surface area contributed by atoms with Crippen LogP contribution in [0.25, 0.3) is 11.0 Å². The van der Waals surface area contributed by atoms with Gasteiger partial charge in [-0.3, -0.25) is 0 Å². The van der Waals surface area contributed by atoms with Crippen molar-refractivity contribution in [3.63, 3.8) is 0 Å². The molecule has 2 bridgehead atoms. The van der Waals surface area contributed by atoms with Gasteiger partial charge in [-0.15, -0.1) is 0 Å². The average molecular weight is 269 g/mol. The van der Waals surface area contributed by atoms with Gasteiger partial charge < -0.3 is 9.88 Å². The van der Waals surface area contributed by atoms with E-state index in [2.05, 4.69) is 47.8 Å². The first kappa shape index (κ1) is 12.4. The Hall–Kier alpha value is -1.35. The van der Waals surface area contributed by atoms with Gasteiger partial charge in [-0.2, -0.15) is 0 Å². The molecule has 2 aromatic rings. The van der Waals surface area contributed by atoms with E-state index in [0.717, 1.165) is 19.6 Å². The van der Waals surface area contributed by atoms with Crippen LogP contribution in [-0.2, 0) is 6.54 Å². The summed E-state index contributed by atoms with van der Waals surface area (Å²) in [4.78, 5) is 4.64. The number of nitrogens with one attached hydrogen (secondary N) is 1. The van der Waals surface area contributed by atoms with E-state index in [-0.39, 0.29) is 5.41 Å². The summed E-state index contributed by atoms with van der Waals surface area (Å²) in [5.74, 6) is 1.42. The van der Waals surface area contributed by atoms with Crippen LogP contribution in [0.1, 0.15) is 50.2 Å². The molecule has 1 aromatic carbocycles. The molecule has 0 spiro atoms. The number of imidazole rings is 1. The van der Waals surface area contributed by atoms with Crippen molar-refractivity contribution in [1.82, 2.24) is 14.9 Å². The number of nitrogens with zero attached hydrogens (tertiary/aromatic N) is 2. The minimum absolute atomic E-state index is 0.282. The van der Waals surface area contributed by atoms with Crippen molar-refractivity contribution in [2.45, 2.75) is 45.6 Å². The second-order valence-electron chi connectivity index (χ2n) is 7.69. The molecule has 3 nitrogen and oxygen atoms in total. The van der Waals surface area contributed by atoms with Crippen LogP contribution in [0.3, 0.4) is 0 Å². The van der Waals surface area contributed by atoms with Gasteiger partial charge in [0.2, 0.25) is 0 Å². The number of benzene rings is 1. The lowest BCUT2D eigenvalue weighted by molar-refractivity contribution is 0.348. The summed E-state index contributed by atoms with van der Waals surface area (Å²) in [5, 5.41) is 3.57. The zero-order valence-electron chi connectivity index (χ0n) is 12.6. The molecule has 2 atom stereocenters. The smallest absolute Gasteiger partial charge is 0.0958 e. The highest BCUT2D eigenvalue weighted by Gasteiger charge is 2.34. The van der Waals surface area contributed by atoms with Crippen molar-refractivity contribution in [2.75, 3.05) is 13.1 Å². The van der Waals surface area contributed by atoms with E-state index in [4.69, 9.17) is 0 Å². The number of aromatic nitrogens is 2. The zero-order valence-corrected chi connectivity index (χ0v) is 12.6. The van der Waals surface area contributed by atoms with Gasteiger partial charge in [0.1, 0.15) is 0 Å². The Morgan fingerprint density at radius 1 is 1.20 bits per heavy atom. The Bertz CT molecular complexity index is 663. The molecule has 2 heterocycles. The SMILES string of the molecule is CC(C)(C)Cn1cnc2cc3c(cc21)C1CNCC3C1. The van der Waals surface area contributed by atoms with Crippen molar-refractivity contribution in [1.29, 1.82) is 0 Å². The summed E-state index contributed by atoms with van der Waals surface area (Å²) in [6, 6.07) is 4.77. The molecule has 4 rings (SSSR count). The highest BCUT2D eigenvalue weighted by Crippen LogP contribution is 2.44. The maximum atomic E-state index is 4.64. The summed E-state index contributed by atoms with van der Waals surface area (Å²) in [6.07, 6.45) is 3.34. The van der Waals surface area contributed by atoms with Gasteiger partial charge in [0.15, 0.2) is 0 Å². The molecule has 1 aliphatic carbocycles. The summed E-state index contributed by atoms with van der Waals surface area (Å²) in [7, 11) is 0. The van der Waals surface area contributed by atoms with E-state index in [1.807, 2.05) is 6.33 Å². The number of fused-ring (bicyclic) bond motifs is 6. The van der Waals surface area contributed by atoms with Crippen LogP contribution in [0, 0.1) is 5.41 Å². The van der Waals surface area contributed by atoms with Crippen LogP contribution in [0.15, 0.2) is 18.5 Å². The summed E-state index contributed by atoms with van der Waals surface area (Å²) >= 11 is 0. The Balaban J connectivity index is 1.84. The predicted molar refractivity (Wildman–Crippen MR) is 82.2 cm³/mol. The third-order valence-electron chi connectivity index (χ3n) is 4.70. The van der Waals surface area contributed by atoms with Crippen LogP contribution in [0.4, 0.5) is 0 Å². The first-order chi connectivity index (χ1) is 9.51. The second kappa shape index (κ2) is 4.08. The van der Waals surface area contributed by atoms with Crippen LogP contribution in [0.5, 0.6) is 0 Å². The van der Waals surface area contributed by atoms with Crippen LogP contribution < -0.4 is 5.32 Å². The quantitative estimate of drug-likeness (QED) is 0.861. The summed E-state index contributed by atoms with van der Waals surface area (Å²) < 4.78 is 2.32. The minimum atomic E-state index is 0.282. The lowest BCUT2D eigenvalue weighted by Gasteiger charge is -2.20. The van der Waals surface area contributed by atoms with E-state index in [9.17, 15) is 0 Å². The van der Waals surface area contributed by atoms with Gasteiger partial charge in [-0.25, -0.2) is 4.98 Å². The standard InChI is InChI=1S/C17H23N3/c1-17(2,3)9-20-10-19-15-5-13-11-4-12(8-18-7-11)14(13)6-16(15)20/h5-6,10-12,18H,4,7-9H2,1-3H3. The summed E-state index contributed by atoms with van der Waals surface area (Å²) in [6.45, 7) is 10.1. The van der Waals surface area contributed by atoms with Crippen molar-refractivity contribution in [2.24, 2.45) is 5.41 Å². The molecule has 1 fully saturated rings. The molecule has 1 N–H and O–H groups in total. The van der Waals surface area contributed by atoms with Crippen LogP contribution in [0.2, 0.25) is 0 Å². The van der Waals surface area contributed by atoms with Gasteiger partial charge in [-0.1, -0.05) is 20.8 Å². The Morgan fingerprint density at radius 3 is 2.60 bits per heavy atom. The van der Waals surface area contributed by atoms with Gasteiger partial charge in [0.25, 0.3) is 0 Å². The Kier molecular flexibility index (Phi) is 2.53. The third-order valence-corrected chi connectivity index (χ3v) is 4.70. The molecule has 2 aliphatic rings. The molecule has 1 aromatic heterocycles. The van der Waals surface area contributed by atoms with E-state index in [0.29, 0.717) is 11.8 Å². The van der Waals surface area contributed by atoms with Crippen molar-refractivity contribution in [3.05, 3.63) is 29.6 Å². The molecule has 1 saturated heterocycles. The monoisotopic (exact) mass is 269 g/mol. The topological polar surface area (TPSA) is 29.9 Å². The molecular formula is C17H23N3. The van der Waals surface area contributed by atoms with Crippen molar-refractivity contribution >= 4 is 11.0 Å². The van der Waals surface area contributed by atoms with Gasteiger partial charge >= 0.3 is 0 Å². The molecule has 106 valence electrons. The number of piperidine rings is 1. The maximum absolute atomic E-state index is 4.64. The number of rotatable bonds is 1. The van der Waals surface area contributed by atoms with Crippen LogP contribution in [-0.4, -0.2) is 22.6 Å². The average Bonchev–Trinajstić information content (AvgIpc) is 2.87. The van der Waals surface area contributed by atoms with E-state index in [1.54, 1.807) is 11.1 Å². The fourth-order valence-electron chi connectivity index (χ4n) is 3.90. The molecule has 0 radical (unpaired) electrons. The molecule has 2 unspecified atom stereocenters. The lowest BCUT2D eigenvalue weighted by atomic mass is 9.96. The Morgan fingerprint density at radius 2 is 1.90 bits per heavy atom. The molecule has 3 heteroatoms. The van der Waals surface area contributed by atoms with Gasteiger partial charge in [0, 0.05) is 19.6 Å². The first-order valence-corrected chi connectivity index (χ1v) is 7.71. The molecule has 20 heavy (non-hydrogen) atoms. The molecule has 0 saturated carbocycles. The molecular weight excluding hydrogens is 246 g/mol. The van der Waals surface area contributed by atoms with E-state index < -0.39 is 0 Å². The second-order valence-corrected chi connectivity index (χ2v) is 7.69. The number of hydrogen-bond acceptors (Lipinski definition) is 2. The third kappa shape index (κ3) is 1.87. The fraction of sp³-hybridized carbons (Fsp3) is 0.588. The van der Waals surface area contributed by atoms with Gasteiger partial charge in [-0.05, 0) is 46.9 Å². The predicted octanol–water partition coefficient (Wildman–Crippen LogP) is 3.26. The highest BCUT2D eigenvalue weighted by atomic mass is 15.0. The highest BCUT2D eigenvalue weighted by molar-refractivity contribution is 5.78. The maximum Gasteiger partial charge on any atom is 0.0958 e. The largest absolute Gasteiger partial charge is 0.330 e. The van der Waals surface area contributed by atoms with Crippen molar-refractivity contribution < 1.29 is 0 Å². The molecule has 0 amide bonds. The van der Waals surface area contributed by atoms with Crippen molar-refractivity contribution in [3.8, 4) is 0 Å². The molecule has 1 aliphatic heterocycles.